The number of primary amides is 1. The van der Waals surface area contributed by atoms with Crippen molar-refractivity contribution in [1.29, 1.82) is 0 Å². The van der Waals surface area contributed by atoms with Gasteiger partial charge in [0.05, 0.1) is 10.6 Å². The largest absolute Gasteiger partial charge is 0.368 e. The summed E-state index contributed by atoms with van der Waals surface area (Å²) in [4.78, 5) is 11.8. The molecular formula is C9H15N3OS2. The first-order valence-electron chi connectivity index (χ1n) is 4.95. The third-order valence-corrected chi connectivity index (χ3v) is 3.64. The van der Waals surface area contributed by atoms with Crippen LogP contribution in [0.5, 0.6) is 0 Å². The standard InChI is InChI=1S/C9H15N3OS2/c1-2-3-4-5-6-8(15-12-11-6)7(14)9(10)13/h7,14H,2-5H2,1H3,(H2,10,13). The highest BCUT2D eigenvalue weighted by molar-refractivity contribution is 7.81. The number of aryl methyl sites for hydroxylation is 1. The van der Waals surface area contributed by atoms with Crippen LogP contribution in [-0.4, -0.2) is 15.5 Å². The Labute approximate surface area is 98.8 Å². The van der Waals surface area contributed by atoms with Crippen LogP contribution in [-0.2, 0) is 11.2 Å². The maximum atomic E-state index is 11.0. The van der Waals surface area contributed by atoms with Gasteiger partial charge in [-0.2, -0.15) is 12.6 Å². The molecule has 0 radical (unpaired) electrons. The van der Waals surface area contributed by atoms with E-state index in [0.717, 1.165) is 36.3 Å². The molecule has 1 aromatic heterocycles. The molecule has 0 fully saturated rings. The van der Waals surface area contributed by atoms with Gasteiger partial charge in [-0.25, -0.2) is 0 Å². The van der Waals surface area contributed by atoms with Crippen LogP contribution < -0.4 is 5.73 Å². The van der Waals surface area contributed by atoms with E-state index in [2.05, 4.69) is 29.1 Å². The number of thiol groups is 1. The van der Waals surface area contributed by atoms with Crippen LogP contribution in [0.3, 0.4) is 0 Å². The summed E-state index contributed by atoms with van der Waals surface area (Å²) in [5, 5.41) is 3.44. The second-order valence-corrected chi connectivity index (χ2v) is 4.65. The lowest BCUT2D eigenvalue weighted by Gasteiger charge is -2.04. The van der Waals surface area contributed by atoms with Crippen LogP contribution in [0, 0.1) is 0 Å². The van der Waals surface area contributed by atoms with Gasteiger partial charge < -0.3 is 5.73 Å². The van der Waals surface area contributed by atoms with E-state index in [0.29, 0.717) is 0 Å². The number of nitrogens with zero attached hydrogens (tertiary/aromatic N) is 2. The van der Waals surface area contributed by atoms with Crippen LogP contribution in [0.1, 0.15) is 42.0 Å². The maximum Gasteiger partial charge on any atom is 0.235 e. The van der Waals surface area contributed by atoms with Gasteiger partial charge in [0.2, 0.25) is 5.91 Å². The lowest BCUT2D eigenvalue weighted by Crippen LogP contribution is -2.17. The second kappa shape index (κ2) is 6.07. The number of hydrogen-bond donors (Lipinski definition) is 2. The van der Waals surface area contributed by atoms with E-state index in [4.69, 9.17) is 5.73 Å². The fourth-order valence-electron chi connectivity index (χ4n) is 1.27. The lowest BCUT2D eigenvalue weighted by molar-refractivity contribution is -0.117. The molecule has 84 valence electrons. The number of carbonyl (C=O) groups is 1. The molecule has 0 saturated heterocycles. The van der Waals surface area contributed by atoms with Crippen LogP contribution in [0.4, 0.5) is 0 Å². The zero-order valence-corrected chi connectivity index (χ0v) is 10.4. The first kappa shape index (κ1) is 12.4. The number of amides is 1. The van der Waals surface area contributed by atoms with Crippen molar-refractivity contribution in [2.45, 2.75) is 37.9 Å². The SMILES string of the molecule is CCCCCc1nnsc1C(S)C(N)=O. The zero-order valence-electron chi connectivity index (χ0n) is 8.64. The summed E-state index contributed by atoms with van der Waals surface area (Å²) in [6.07, 6.45) is 4.23. The van der Waals surface area contributed by atoms with Gasteiger partial charge in [0.15, 0.2) is 0 Å². The summed E-state index contributed by atoms with van der Waals surface area (Å²) in [5.41, 5.74) is 6.05. The maximum absolute atomic E-state index is 11.0. The minimum Gasteiger partial charge on any atom is -0.368 e. The van der Waals surface area contributed by atoms with E-state index in [9.17, 15) is 4.79 Å². The number of carbonyl (C=O) groups excluding carboxylic acids is 1. The minimum absolute atomic E-state index is 0.443. The molecule has 0 aliphatic carbocycles. The third kappa shape index (κ3) is 3.46. The third-order valence-electron chi connectivity index (χ3n) is 2.12. The molecule has 1 amide bonds. The summed E-state index contributed by atoms with van der Waals surface area (Å²) in [6, 6.07) is 0. The molecule has 0 saturated carbocycles. The van der Waals surface area contributed by atoms with E-state index >= 15 is 0 Å². The van der Waals surface area contributed by atoms with Gasteiger partial charge in [-0.15, -0.1) is 5.10 Å². The average Bonchev–Trinajstić information content (AvgIpc) is 2.65. The van der Waals surface area contributed by atoms with Crippen molar-refractivity contribution >= 4 is 30.1 Å². The number of rotatable bonds is 6. The molecule has 0 aromatic carbocycles. The summed E-state index contributed by atoms with van der Waals surface area (Å²) in [5.74, 6) is -0.443. The van der Waals surface area contributed by atoms with Gasteiger partial charge in [-0.05, 0) is 24.4 Å². The molecule has 1 aromatic rings. The molecule has 0 aliphatic rings. The minimum atomic E-state index is -0.568. The van der Waals surface area contributed by atoms with Crippen molar-refractivity contribution in [2.75, 3.05) is 0 Å². The topological polar surface area (TPSA) is 68.9 Å². The molecular weight excluding hydrogens is 230 g/mol. The Balaban J connectivity index is 2.64. The number of nitrogens with two attached hydrogens (primary N) is 1. The van der Waals surface area contributed by atoms with Crippen molar-refractivity contribution in [3.05, 3.63) is 10.6 Å². The van der Waals surface area contributed by atoms with Gasteiger partial charge in [0, 0.05) is 0 Å². The average molecular weight is 245 g/mol. The Kier molecular flexibility index (Phi) is 5.04. The number of aromatic nitrogens is 2. The van der Waals surface area contributed by atoms with Gasteiger partial charge in [-0.3, -0.25) is 4.79 Å². The van der Waals surface area contributed by atoms with E-state index in [1.165, 1.54) is 11.5 Å². The fourth-order valence-corrected chi connectivity index (χ4v) is 2.25. The monoisotopic (exact) mass is 245 g/mol. The van der Waals surface area contributed by atoms with Gasteiger partial charge in [0.1, 0.15) is 5.25 Å². The zero-order chi connectivity index (χ0) is 11.3. The Hall–Kier alpha value is -0.620. The van der Waals surface area contributed by atoms with Gasteiger partial charge in [0.25, 0.3) is 0 Å². The van der Waals surface area contributed by atoms with Crippen molar-refractivity contribution in [3.63, 3.8) is 0 Å². The highest BCUT2D eigenvalue weighted by atomic mass is 32.1. The van der Waals surface area contributed by atoms with Crippen LogP contribution in [0.15, 0.2) is 0 Å². The molecule has 1 atom stereocenters. The molecule has 6 heteroatoms. The Morgan fingerprint density at radius 2 is 2.33 bits per heavy atom. The summed E-state index contributed by atoms with van der Waals surface area (Å²) >= 11 is 5.36. The summed E-state index contributed by atoms with van der Waals surface area (Å²) in [6.45, 7) is 2.14. The molecule has 2 N–H and O–H groups in total. The molecule has 15 heavy (non-hydrogen) atoms. The molecule has 0 aliphatic heterocycles. The summed E-state index contributed by atoms with van der Waals surface area (Å²) < 4.78 is 3.84. The van der Waals surface area contributed by atoms with Crippen molar-refractivity contribution in [1.82, 2.24) is 9.59 Å². The first-order chi connectivity index (χ1) is 7.16. The Bertz CT molecular complexity index is 327. The van der Waals surface area contributed by atoms with Crippen LogP contribution >= 0.6 is 24.2 Å². The van der Waals surface area contributed by atoms with E-state index in [1.807, 2.05) is 0 Å². The van der Waals surface area contributed by atoms with Gasteiger partial charge >= 0.3 is 0 Å². The molecule has 0 bridgehead atoms. The van der Waals surface area contributed by atoms with E-state index < -0.39 is 11.2 Å². The predicted octanol–water partition coefficient (Wildman–Crippen LogP) is 1.73. The quantitative estimate of drug-likeness (QED) is 0.592. The fraction of sp³-hybridized carbons (Fsp3) is 0.667. The molecule has 1 rings (SSSR count). The lowest BCUT2D eigenvalue weighted by atomic mass is 10.1. The Morgan fingerprint density at radius 1 is 1.60 bits per heavy atom. The molecule has 4 nitrogen and oxygen atoms in total. The highest BCUT2D eigenvalue weighted by Gasteiger charge is 2.20. The number of unbranched alkanes of at least 4 members (excludes halogenated alkanes) is 2. The first-order valence-corrected chi connectivity index (χ1v) is 6.24. The smallest absolute Gasteiger partial charge is 0.235 e. The van der Waals surface area contributed by atoms with E-state index in [1.54, 1.807) is 0 Å². The summed E-state index contributed by atoms with van der Waals surface area (Å²) in [7, 11) is 0. The van der Waals surface area contributed by atoms with Crippen LogP contribution in [0.2, 0.25) is 0 Å². The second-order valence-electron chi connectivity index (χ2n) is 3.35. The Morgan fingerprint density at radius 3 is 2.93 bits per heavy atom. The highest BCUT2D eigenvalue weighted by Crippen LogP contribution is 2.26. The van der Waals surface area contributed by atoms with Crippen molar-refractivity contribution in [3.8, 4) is 0 Å². The normalized spacial score (nSPS) is 12.7. The van der Waals surface area contributed by atoms with Crippen molar-refractivity contribution in [2.24, 2.45) is 5.73 Å². The molecule has 0 spiro atoms. The molecule has 1 heterocycles. The van der Waals surface area contributed by atoms with E-state index in [-0.39, 0.29) is 0 Å². The van der Waals surface area contributed by atoms with Crippen molar-refractivity contribution < 1.29 is 4.79 Å². The number of hydrogen-bond acceptors (Lipinski definition) is 5. The van der Waals surface area contributed by atoms with Crippen LogP contribution in [0.25, 0.3) is 0 Å². The molecule has 1 unspecified atom stereocenters. The predicted molar refractivity (Wildman–Crippen MR) is 64.1 cm³/mol. The van der Waals surface area contributed by atoms with Gasteiger partial charge in [-0.1, -0.05) is 24.3 Å².